The van der Waals surface area contributed by atoms with Crippen LogP contribution < -0.4 is 5.73 Å². The van der Waals surface area contributed by atoms with Gasteiger partial charge in [-0.2, -0.15) is 30.6 Å². The van der Waals surface area contributed by atoms with E-state index in [1.807, 2.05) is 6.92 Å². The smallest absolute Gasteiger partial charge is 0.392 e. The molecule has 0 fully saturated rings. The van der Waals surface area contributed by atoms with Crippen LogP contribution in [0.2, 0.25) is 0 Å². The minimum Gasteiger partial charge on any atom is -0.392 e. The van der Waals surface area contributed by atoms with Gasteiger partial charge in [0.25, 0.3) is 0 Å². The Labute approximate surface area is 181 Å². The zero-order valence-electron chi connectivity index (χ0n) is 16.0. The van der Waals surface area contributed by atoms with E-state index < -0.39 is 44.8 Å². The number of hydrogen-bond acceptors (Lipinski definition) is 4. The molecule has 0 bridgehead atoms. The van der Waals surface area contributed by atoms with Crippen LogP contribution in [0.3, 0.4) is 0 Å². The van der Waals surface area contributed by atoms with Gasteiger partial charge >= 0.3 is 12.4 Å². The molecule has 0 spiro atoms. The number of alkyl halides is 6. The molecule has 13 heteroatoms. The molecule has 30 heavy (non-hydrogen) atoms. The van der Waals surface area contributed by atoms with Crippen molar-refractivity contribution in [3.8, 4) is 0 Å². The molecule has 0 unspecified atom stereocenters. The highest BCUT2D eigenvalue weighted by Gasteiger charge is 2.37. The van der Waals surface area contributed by atoms with Crippen molar-refractivity contribution in [3.63, 3.8) is 0 Å². The second-order valence-electron chi connectivity index (χ2n) is 6.49. The van der Waals surface area contributed by atoms with Crippen molar-refractivity contribution in [2.75, 3.05) is 18.2 Å². The fourth-order valence-corrected chi connectivity index (χ4v) is 5.47. The second-order valence-corrected chi connectivity index (χ2v) is 10.1. The predicted octanol–water partition coefficient (Wildman–Crippen LogP) is 5.02. The van der Waals surface area contributed by atoms with E-state index in [1.165, 1.54) is 11.8 Å². The van der Waals surface area contributed by atoms with Gasteiger partial charge in [0, 0.05) is 0 Å². The van der Waals surface area contributed by atoms with Crippen molar-refractivity contribution >= 4 is 39.0 Å². The van der Waals surface area contributed by atoms with Crippen molar-refractivity contribution in [1.29, 1.82) is 0 Å². The Kier molecular flexibility index (Phi) is 9.90. The molecule has 0 saturated heterocycles. The predicted molar refractivity (Wildman–Crippen MR) is 109 cm³/mol. The highest BCUT2D eigenvalue weighted by molar-refractivity contribution is 8.00. The maximum Gasteiger partial charge on any atom is 0.416 e. The molecule has 1 rings (SSSR count). The van der Waals surface area contributed by atoms with Crippen LogP contribution >= 0.6 is 24.0 Å². The van der Waals surface area contributed by atoms with Crippen molar-refractivity contribution < 1.29 is 34.8 Å². The number of thiocarbonyl (C=S) groups is 1. The first-order valence-corrected chi connectivity index (χ1v) is 12.0. The lowest BCUT2D eigenvalue weighted by Gasteiger charge is -2.22. The standard InChI is InChI=1S/C17H22F6N2O2S3/c1-2-3-4-5-29-11-25(9-15(24)28)30(26,27)10-12-6-13(16(18,19)20)8-14(7-12)17(21,22)23/h6-8H,2-5,9-11H2,1H3,(H2,24,28). The van der Waals surface area contributed by atoms with E-state index in [9.17, 15) is 34.8 Å². The van der Waals surface area contributed by atoms with Gasteiger partial charge in [-0.15, -0.1) is 11.8 Å². The van der Waals surface area contributed by atoms with E-state index >= 15 is 0 Å². The molecule has 172 valence electrons. The van der Waals surface area contributed by atoms with Crippen molar-refractivity contribution in [1.82, 2.24) is 4.31 Å². The minimum atomic E-state index is -5.06. The van der Waals surface area contributed by atoms with E-state index in [1.54, 1.807) is 0 Å². The van der Waals surface area contributed by atoms with Gasteiger partial charge in [0.1, 0.15) is 0 Å². The number of halogens is 6. The first-order chi connectivity index (χ1) is 13.7. The summed E-state index contributed by atoms with van der Waals surface area (Å²) in [5, 5.41) is 0. The number of nitrogens with zero attached hydrogens (tertiary/aromatic N) is 1. The number of hydrogen-bond donors (Lipinski definition) is 1. The molecule has 0 amide bonds. The number of benzene rings is 1. The SMILES string of the molecule is CCCCCSCN(CC(N)=S)S(=O)(=O)Cc1cc(C(F)(F)F)cc(C(F)(F)F)c1. The summed E-state index contributed by atoms with van der Waals surface area (Å²) in [5.41, 5.74) is 1.65. The van der Waals surface area contributed by atoms with E-state index in [2.05, 4.69) is 0 Å². The second kappa shape index (κ2) is 11.0. The number of unbranched alkanes of at least 4 members (excludes halogenated alkanes) is 2. The summed E-state index contributed by atoms with van der Waals surface area (Å²) in [6, 6.07) is 0.757. The number of rotatable bonds is 11. The van der Waals surface area contributed by atoms with Gasteiger partial charge in [-0.25, -0.2) is 8.42 Å². The molecular weight excluding hydrogens is 474 g/mol. The van der Waals surface area contributed by atoms with Crippen LogP contribution in [0.4, 0.5) is 26.3 Å². The lowest BCUT2D eigenvalue weighted by Crippen LogP contribution is -2.38. The third kappa shape index (κ3) is 8.98. The Balaban J connectivity index is 3.16. The van der Waals surface area contributed by atoms with Crippen molar-refractivity contribution in [2.24, 2.45) is 5.73 Å². The van der Waals surface area contributed by atoms with Crippen LogP contribution in [0.25, 0.3) is 0 Å². The van der Waals surface area contributed by atoms with Gasteiger partial charge in [-0.1, -0.05) is 32.0 Å². The van der Waals surface area contributed by atoms with Crippen LogP contribution in [0.1, 0.15) is 42.9 Å². The first-order valence-electron chi connectivity index (χ1n) is 8.79. The molecule has 1 aromatic rings. The fraction of sp³-hybridized carbons (Fsp3) is 0.588. The van der Waals surface area contributed by atoms with Crippen LogP contribution in [0.5, 0.6) is 0 Å². The Morgan fingerprint density at radius 1 is 1.07 bits per heavy atom. The van der Waals surface area contributed by atoms with E-state index in [-0.39, 0.29) is 23.5 Å². The molecule has 1 aromatic carbocycles. The molecule has 4 nitrogen and oxygen atoms in total. The summed E-state index contributed by atoms with van der Waals surface area (Å²) in [6.45, 7) is 1.64. The third-order valence-corrected chi connectivity index (χ3v) is 6.96. The molecule has 0 aliphatic heterocycles. The summed E-state index contributed by atoms with van der Waals surface area (Å²) in [4.78, 5) is -0.159. The Hall–Kier alpha value is -1.05. The molecule has 0 aliphatic carbocycles. The summed E-state index contributed by atoms with van der Waals surface area (Å²) in [5.74, 6) is -0.467. The average Bonchev–Trinajstić information content (AvgIpc) is 2.58. The Bertz CT molecular complexity index is 794. The maximum absolute atomic E-state index is 13.0. The Morgan fingerprint density at radius 2 is 1.60 bits per heavy atom. The topological polar surface area (TPSA) is 63.4 Å². The molecule has 0 atom stereocenters. The summed E-state index contributed by atoms with van der Waals surface area (Å²) in [6.07, 6.45) is -7.38. The highest BCUT2D eigenvalue weighted by atomic mass is 32.2. The van der Waals surface area contributed by atoms with Gasteiger partial charge in [0.05, 0.1) is 34.3 Å². The van der Waals surface area contributed by atoms with Gasteiger partial charge in [0.2, 0.25) is 10.0 Å². The minimum absolute atomic E-state index is 0.0491. The summed E-state index contributed by atoms with van der Waals surface area (Å²) < 4.78 is 104. The van der Waals surface area contributed by atoms with E-state index in [0.29, 0.717) is 17.9 Å². The molecule has 0 radical (unpaired) electrons. The summed E-state index contributed by atoms with van der Waals surface area (Å²) >= 11 is 6.00. The van der Waals surface area contributed by atoms with Gasteiger partial charge in [-0.05, 0) is 35.9 Å². The highest BCUT2D eigenvalue weighted by Crippen LogP contribution is 2.36. The number of nitrogens with two attached hydrogens (primary N) is 1. The van der Waals surface area contributed by atoms with Crippen LogP contribution in [0, 0.1) is 0 Å². The molecule has 2 N–H and O–H groups in total. The van der Waals surface area contributed by atoms with Gasteiger partial charge in [0.15, 0.2) is 0 Å². The zero-order chi connectivity index (χ0) is 23.2. The normalized spacial score (nSPS) is 13.1. The molecule has 0 heterocycles. The number of sulfonamides is 1. The van der Waals surface area contributed by atoms with Crippen LogP contribution in [0.15, 0.2) is 18.2 Å². The van der Waals surface area contributed by atoms with Crippen molar-refractivity contribution in [2.45, 2.75) is 44.3 Å². The van der Waals surface area contributed by atoms with E-state index in [0.717, 1.165) is 23.6 Å². The Morgan fingerprint density at radius 3 is 2.03 bits per heavy atom. The molecule has 0 aromatic heterocycles. The lowest BCUT2D eigenvalue weighted by molar-refractivity contribution is -0.143. The molecule has 0 aliphatic rings. The largest absolute Gasteiger partial charge is 0.416 e. The summed E-state index contributed by atoms with van der Waals surface area (Å²) in [7, 11) is -4.28. The van der Waals surface area contributed by atoms with Gasteiger partial charge < -0.3 is 5.73 Å². The monoisotopic (exact) mass is 496 g/mol. The maximum atomic E-state index is 13.0. The average molecular weight is 497 g/mol. The lowest BCUT2D eigenvalue weighted by atomic mass is 10.1. The van der Waals surface area contributed by atoms with Crippen LogP contribution in [-0.2, 0) is 28.1 Å². The van der Waals surface area contributed by atoms with Crippen LogP contribution in [-0.4, -0.2) is 35.9 Å². The fourth-order valence-electron chi connectivity index (χ4n) is 2.42. The first kappa shape index (κ1) is 27.0. The quantitative estimate of drug-likeness (QED) is 0.202. The van der Waals surface area contributed by atoms with E-state index in [4.69, 9.17) is 18.0 Å². The van der Waals surface area contributed by atoms with Crippen molar-refractivity contribution in [3.05, 3.63) is 34.9 Å². The third-order valence-electron chi connectivity index (χ3n) is 3.85. The van der Waals surface area contributed by atoms with Gasteiger partial charge in [-0.3, -0.25) is 0 Å². The number of thioether (sulfide) groups is 1. The zero-order valence-corrected chi connectivity index (χ0v) is 18.5. The molecule has 0 saturated carbocycles. The molecular formula is C17H22F6N2O2S3.